The highest BCUT2D eigenvalue weighted by Gasteiger charge is 2.10. The van der Waals surface area contributed by atoms with Crippen LogP contribution < -0.4 is 0 Å². The Labute approximate surface area is 89.4 Å². The van der Waals surface area contributed by atoms with Gasteiger partial charge in [-0.15, -0.1) is 0 Å². The number of nitrogens with zero attached hydrogens (tertiary/aromatic N) is 1. The predicted octanol–water partition coefficient (Wildman–Crippen LogP) is 3.39. The Bertz CT molecular complexity index is 131. The summed E-state index contributed by atoms with van der Waals surface area (Å²) in [7, 11) is 0. The maximum Gasteiger partial charge on any atom is 0.409 e. The maximum absolute atomic E-state index is 11.2. The van der Waals surface area contributed by atoms with E-state index >= 15 is 0 Å². The van der Waals surface area contributed by atoms with Crippen molar-refractivity contribution in [2.45, 2.75) is 42.5 Å². The van der Waals surface area contributed by atoms with E-state index in [0.717, 1.165) is 0 Å². The van der Waals surface area contributed by atoms with E-state index in [0.29, 0.717) is 25.6 Å². The van der Waals surface area contributed by atoms with Crippen LogP contribution in [-0.4, -0.2) is 30.7 Å². The first kappa shape index (κ1) is 18.9. The van der Waals surface area contributed by atoms with Crippen LogP contribution in [0.1, 0.15) is 42.5 Å². The molecule has 0 saturated heterocycles. The number of hydrogen-bond acceptors (Lipinski definition) is 2. The van der Waals surface area contributed by atoms with Gasteiger partial charge in [-0.2, -0.15) is 0 Å². The van der Waals surface area contributed by atoms with Crippen molar-refractivity contribution in [1.82, 2.24) is 4.90 Å². The number of amides is 1. The van der Waals surface area contributed by atoms with Crippen LogP contribution in [0, 0.1) is 5.92 Å². The van der Waals surface area contributed by atoms with E-state index in [4.69, 9.17) is 4.74 Å². The largest absolute Gasteiger partial charge is 0.449 e. The summed E-state index contributed by atoms with van der Waals surface area (Å²) in [5.41, 5.74) is 0. The molecule has 1 amide bonds. The Morgan fingerprint density at radius 1 is 1.21 bits per heavy atom. The zero-order valence-corrected chi connectivity index (χ0v) is 8.46. The third-order valence-corrected chi connectivity index (χ3v) is 1.56. The summed E-state index contributed by atoms with van der Waals surface area (Å²) >= 11 is 0. The molecular weight excluding hydrogens is 178 g/mol. The van der Waals surface area contributed by atoms with E-state index in [1.165, 1.54) is 0 Å². The number of carbonyl (C=O) groups excluding carboxylic acids is 1. The third-order valence-electron chi connectivity index (χ3n) is 1.56. The van der Waals surface area contributed by atoms with Crippen molar-refractivity contribution in [3.63, 3.8) is 0 Å². The summed E-state index contributed by atoms with van der Waals surface area (Å²) in [6.45, 7) is 9.88. The molecule has 0 aliphatic rings. The maximum atomic E-state index is 11.2. The normalized spacial score (nSPS) is 8.64. The fraction of sp³-hybridized carbons (Fsp3) is 0.909. The lowest BCUT2D eigenvalue weighted by molar-refractivity contribution is 0.0955. The molecule has 3 nitrogen and oxygen atoms in total. The molecule has 0 heterocycles. The molecule has 0 aliphatic heterocycles. The molecule has 0 rings (SSSR count). The van der Waals surface area contributed by atoms with Gasteiger partial charge in [0.2, 0.25) is 0 Å². The fourth-order valence-electron chi connectivity index (χ4n) is 0.811. The van der Waals surface area contributed by atoms with E-state index in [1.807, 2.05) is 27.7 Å². The van der Waals surface area contributed by atoms with E-state index < -0.39 is 0 Å². The summed E-state index contributed by atoms with van der Waals surface area (Å²) in [6, 6.07) is 0. The first-order chi connectivity index (χ1) is 5.61. The Morgan fingerprint density at radius 2 is 1.64 bits per heavy atom. The van der Waals surface area contributed by atoms with Crippen molar-refractivity contribution in [3.05, 3.63) is 0 Å². The van der Waals surface area contributed by atoms with Gasteiger partial charge in [-0.25, -0.2) is 4.79 Å². The lowest BCUT2D eigenvalue weighted by Gasteiger charge is -2.18. The van der Waals surface area contributed by atoms with Gasteiger partial charge < -0.3 is 9.64 Å². The number of hydrogen-bond donors (Lipinski definition) is 0. The summed E-state index contributed by atoms with van der Waals surface area (Å²) in [5, 5.41) is 0. The molecule has 0 N–H and O–H groups in total. The van der Waals surface area contributed by atoms with Crippen molar-refractivity contribution < 1.29 is 9.53 Å². The summed E-state index contributed by atoms with van der Waals surface area (Å²) < 4.78 is 5.03. The molecule has 3 heteroatoms. The van der Waals surface area contributed by atoms with Crippen LogP contribution >= 0.6 is 0 Å². The van der Waals surface area contributed by atoms with E-state index in [9.17, 15) is 4.79 Å². The van der Waals surface area contributed by atoms with Gasteiger partial charge in [-0.05, 0) is 19.8 Å². The Kier molecular flexibility index (Phi) is 14.0. The van der Waals surface area contributed by atoms with Gasteiger partial charge >= 0.3 is 6.09 Å². The molecule has 0 atom stereocenters. The molecule has 14 heavy (non-hydrogen) atoms. The van der Waals surface area contributed by atoms with E-state index in [1.54, 1.807) is 4.90 Å². The highest BCUT2D eigenvalue weighted by molar-refractivity contribution is 5.67. The minimum Gasteiger partial charge on any atom is -0.449 e. The van der Waals surface area contributed by atoms with Gasteiger partial charge in [0.1, 0.15) is 0 Å². The first-order valence-electron chi connectivity index (χ1n) is 4.53. The van der Waals surface area contributed by atoms with Crippen LogP contribution in [0.2, 0.25) is 0 Å². The molecular formula is C11H27NO2. The second-order valence-electron chi connectivity index (χ2n) is 3.14. The molecule has 0 aromatic heterocycles. The van der Waals surface area contributed by atoms with Crippen LogP contribution in [0.25, 0.3) is 0 Å². The second-order valence-corrected chi connectivity index (χ2v) is 3.14. The lowest BCUT2D eigenvalue weighted by Crippen LogP contribution is -2.31. The van der Waals surface area contributed by atoms with Gasteiger partial charge in [0, 0.05) is 13.1 Å². The number of ether oxygens (including phenoxy) is 1. The molecule has 0 aromatic carbocycles. The minimum atomic E-state index is -0.200. The molecule has 0 unspecified atom stereocenters. The molecule has 88 valence electrons. The molecule has 0 aliphatic carbocycles. The topological polar surface area (TPSA) is 29.5 Å². The van der Waals surface area contributed by atoms with Crippen molar-refractivity contribution in [2.75, 3.05) is 19.7 Å². The Hall–Kier alpha value is -0.730. The van der Waals surface area contributed by atoms with Crippen LogP contribution in [0.4, 0.5) is 4.79 Å². The predicted molar refractivity (Wildman–Crippen MR) is 62.6 cm³/mol. The standard InChI is InChI=1S/C9H19NO2.2CH4/c1-5-10(6-2)9(11)12-7-8(3)4;;/h8H,5-7H2,1-4H3;2*1H4. The van der Waals surface area contributed by atoms with E-state index in [2.05, 4.69) is 0 Å². The molecule has 0 spiro atoms. The smallest absolute Gasteiger partial charge is 0.409 e. The first-order valence-corrected chi connectivity index (χ1v) is 4.53. The van der Waals surface area contributed by atoms with Crippen LogP contribution in [-0.2, 0) is 4.74 Å². The van der Waals surface area contributed by atoms with Crippen molar-refractivity contribution in [2.24, 2.45) is 5.92 Å². The summed E-state index contributed by atoms with van der Waals surface area (Å²) in [4.78, 5) is 12.9. The number of rotatable bonds is 4. The highest BCUT2D eigenvalue weighted by Crippen LogP contribution is 1.97. The Balaban J connectivity index is -0.000000605. The highest BCUT2D eigenvalue weighted by atomic mass is 16.6. The SMILES string of the molecule is C.C.CCN(CC)C(=O)OCC(C)C. The molecule has 0 saturated carbocycles. The Morgan fingerprint density at radius 3 is 1.93 bits per heavy atom. The van der Waals surface area contributed by atoms with Crippen molar-refractivity contribution in [3.8, 4) is 0 Å². The van der Waals surface area contributed by atoms with Crippen LogP contribution in [0.3, 0.4) is 0 Å². The molecule has 0 fully saturated rings. The van der Waals surface area contributed by atoms with Gasteiger partial charge in [0.05, 0.1) is 6.61 Å². The van der Waals surface area contributed by atoms with Gasteiger partial charge in [0.15, 0.2) is 0 Å². The van der Waals surface area contributed by atoms with Gasteiger partial charge in [-0.1, -0.05) is 28.7 Å². The van der Waals surface area contributed by atoms with E-state index in [-0.39, 0.29) is 20.9 Å². The molecule has 0 aromatic rings. The van der Waals surface area contributed by atoms with Gasteiger partial charge in [-0.3, -0.25) is 0 Å². The average molecular weight is 205 g/mol. The molecule has 0 radical (unpaired) electrons. The van der Waals surface area contributed by atoms with Crippen molar-refractivity contribution in [1.29, 1.82) is 0 Å². The fourth-order valence-corrected chi connectivity index (χ4v) is 0.811. The van der Waals surface area contributed by atoms with Crippen LogP contribution in [0.5, 0.6) is 0 Å². The quantitative estimate of drug-likeness (QED) is 0.704. The van der Waals surface area contributed by atoms with Crippen molar-refractivity contribution >= 4 is 6.09 Å². The third kappa shape index (κ3) is 7.90. The second kappa shape index (κ2) is 10.4. The monoisotopic (exact) mass is 205 g/mol. The lowest BCUT2D eigenvalue weighted by atomic mass is 10.2. The summed E-state index contributed by atoms with van der Waals surface area (Å²) in [6.07, 6.45) is -0.200. The van der Waals surface area contributed by atoms with Crippen LogP contribution in [0.15, 0.2) is 0 Å². The summed E-state index contributed by atoms with van der Waals surface area (Å²) in [5.74, 6) is 0.407. The number of carbonyl (C=O) groups is 1. The average Bonchev–Trinajstić information content (AvgIpc) is 2.03. The zero-order chi connectivity index (χ0) is 9.56. The minimum absolute atomic E-state index is 0. The zero-order valence-electron chi connectivity index (χ0n) is 8.46. The van der Waals surface area contributed by atoms with Gasteiger partial charge in [0.25, 0.3) is 0 Å². The molecule has 0 bridgehead atoms.